The van der Waals surface area contributed by atoms with Crippen LogP contribution in [0.15, 0.2) is 36.5 Å². The summed E-state index contributed by atoms with van der Waals surface area (Å²) in [6, 6.07) is 9.84. The summed E-state index contributed by atoms with van der Waals surface area (Å²) >= 11 is 0. The Balaban J connectivity index is 2.28. The van der Waals surface area contributed by atoms with Gasteiger partial charge in [-0.15, -0.1) is 0 Å². The number of benzene rings is 1. The first-order chi connectivity index (χ1) is 8.49. The van der Waals surface area contributed by atoms with Crippen LogP contribution in [0.3, 0.4) is 0 Å². The van der Waals surface area contributed by atoms with Gasteiger partial charge in [0.15, 0.2) is 0 Å². The number of nitrogens with one attached hydrogen (secondary N) is 1. The van der Waals surface area contributed by atoms with E-state index in [-0.39, 0.29) is 6.42 Å². The lowest BCUT2D eigenvalue weighted by molar-refractivity contribution is -0.138. The highest BCUT2D eigenvalue weighted by atomic mass is 16.4. The van der Waals surface area contributed by atoms with Crippen LogP contribution in [0, 0.1) is 0 Å². The molecule has 0 bridgehead atoms. The number of hydrogen-bond acceptors (Lipinski definition) is 2. The van der Waals surface area contributed by atoms with Crippen molar-refractivity contribution in [3.63, 3.8) is 0 Å². The number of rotatable bonds is 4. The van der Waals surface area contributed by atoms with Crippen molar-refractivity contribution in [3.05, 3.63) is 42.4 Å². The van der Waals surface area contributed by atoms with Crippen molar-refractivity contribution >= 4 is 5.97 Å². The monoisotopic (exact) mass is 244 g/mol. The summed E-state index contributed by atoms with van der Waals surface area (Å²) in [6.07, 6.45) is 1.79. The maximum atomic E-state index is 10.8. The second-order valence-corrected chi connectivity index (χ2v) is 4.97. The number of aromatic amines is 1. The third-order valence-electron chi connectivity index (χ3n) is 2.89. The van der Waals surface area contributed by atoms with Gasteiger partial charge in [0.05, 0.1) is 18.3 Å². The second kappa shape index (κ2) is 4.64. The zero-order valence-electron chi connectivity index (χ0n) is 10.5. The average Bonchev–Trinajstić information content (AvgIpc) is 2.78. The zero-order chi connectivity index (χ0) is 13.2. The molecule has 0 spiro atoms. The van der Waals surface area contributed by atoms with Crippen molar-refractivity contribution < 1.29 is 9.90 Å². The van der Waals surface area contributed by atoms with Crippen molar-refractivity contribution in [1.82, 2.24) is 9.97 Å². The van der Waals surface area contributed by atoms with E-state index in [1.54, 1.807) is 6.20 Å². The van der Waals surface area contributed by atoms with Crippen molar-refractivity contribution in [2.75, 3.05) is 0 Å². The first-order valence-electron chi connectivity index (χ1n) is 5.82. The number of H-pyrrole nitrogens is 1. The lowest BCUT2D eigenvalue weighted by Gasteiger charge is -2.19. The van der Waals surface area contributed by atoms with Gasteiger partial charge in [-0.05, 0) is 5.56 Å². The smallest absolute Gasteiger partial charge is 0.304 e. The van der Waals surface area contributed by atoms with Gasteiger partial charge in [-0.1, -0.05) is 44.2 Å². The van der Waals surface area contributed by atoms with Crippen molar-refractivity contribution in [1.29, 1.82) is 0 Å². The summed E-state index contributed by atoms with van der Waals surface area (Å²) < 4.78 is 0. The molecule has 0 fully saturated rings. The molecule has 4 nitrogen and oxygen atoms in total. The molecular weight excluding hydrogens is 228 g/mol. The highest BCUT2D eigenvalue weighted by molar-refractivity contribution is 5.68. The van der Waals surface area contributed by atoms with Crippen LogP contribution in [-0.2, 0) is 10.2 Å². The first-order valence-corrected chi connectivity index (χ1v) is 5.82. The van der Waals surface area contributed by atoms with Gasteiger partial charge in [-0.25, -0.2) is 4.98 Å². The van der Waals surface area contributed by atoms with E-state index in [4.69, 9.17) is 5.11 Å². The highest BCUT2D eigenvalue weighted by Gasteiger charge is 2.27. The van der Waals surface area contributed by atoms with Crippen molar-refractivity contribution in [3.8, 4) is 11.3 Å². The molecule has 2 N–H and O–H groups in total. The molecule has 2 rings (SSSR count). The van der Waals surface area contributed by atoms with Gasteiger partial charge in [-0.2, -0.15) is 0 Å². The minimum Gasteiger partial charge on any atom is -0.481 e. The fourth-order valence-corrected chi connectivity index (χ4v) is 1.89. The molecule has 18 heavy (non-hydrogen) atoms. The van der Waals surface area contributed by atoms with Gasteiger partial charge in [-0.3, -0.25) is 4.79 Å². The zero-order valence-corrected chi connectivity index (χ0v) is 10.5. The Morgan fingerprint density at radius 1 is 1.33 bits per heavy atom. The standard InChI is InChI=1S/C14H16N2O2/c1-14(2,8-12(17)18)13-15-9-11(16-13)10-6-4-3-5-7-10/h3-7,9H,8H2,1-2H3,(H,15,16)(H,17,18). The number of hydrogen-bond donors (Lipinski definition) is 2. The van der Waals surface area contributed by atoms with E-state index in [1.807, 2.05) is 44.2 Å². The number of aliphatic carboxylic acids is 1. The topological polar surface area (TPSA) is 66.0 Å². The normalized spacial score (nSPS) is 11.4. The third kappa shape index (κ3) is 2.59. The molecule has 2 aromatic rings. The van der Waals surface area contributed by atoms with Crippen LogP contribution in [0.4, 0.5) is 0 Å². The number of carboxylic acid groups (broad SMARTS) is 1. The molecule has 0 aliphatic carbocycles. The van der Waals surface area contributed by atoms with E-state index < -0.39 is 11.4 Å². The number of imidazole rings is 1. The minimum atomic E-state index is -0.822. The maximum Gasteiger partial charge on any atom is 0.304 e. The number of nitrogens with zero attached hydrogens (tertiary/aromatic N) is 1. The molecule has 0 saturated carbocycles. The van der Waals surface area contributed by atoms with Crippen molar-refractivity contribution in [2.24, 2.45) is 0 Å². The van der Waals surface area contributed by atoms with Crippen LogP contribution in [-0.4, -0.2) is 21.0 Å². The Morgan fingerprint density at radius 3 is 2.61 bits per heavy atom. The Labute approximate surface area is 106 Å². The fourth-order valence-electron chi connectivity index (χ4n) is 1.89. The molecule has 94 valence electrons. The maximum absolute atomic E-state index is 10.8. The van der Waals surface area contributed by atoms with E-state index in [1.165, 1.54) is 0 Å². The number of carbonyl (C=O) groups is 1. The summed E-state index contributed by atoms with van der Waals surface area (Å²) in [6.45, 7) is 3.74. The average molecular weight is 244 g/mol. The Hall–Kier alpha value is -2.10. The molecule has 0 amide bonds. The van der Waals surface area contributed by atoms with Crippen LogP contribution in [0.2, 0.25) is 0 Å². The van der Waals surface area contributed by atoms with Crippen LogP contribution >= 0.6 is 0 Å². The van der Waals surface area contributed by atoms with Gasteiger partial charge in [0, 0.05) is 5.41 Å². The van der Waals surface area contributed by atoms with Crippen LogP contribution in [0.1, 0.15) is 26.1 Å². The predicted molar refractivity (Wildman–Crippen MR) is 69.3 cm³/mol. The van der Waals surface area contributed by atoms with Crippen LogP contribution < -0.4 is 0 Å². The molecule has 0 atom stereocenters. The summed E-state index contributed by atoms with van der Waals surface area (Å²) in [7, 11) is 0. The van der Waals surface area contributed by atoms with Crippen molar-refractivity contribution in [2.45, 2.75) is 25.7 Å². The predicted octanol–water partition coefficient (Wildman–Crippen LogP) is 2.83. The summed E-state index contributed by atoms with van der Waals surface area (Å²) in [4.78, 5) is 18.3. The van der Waals surface area contributed by atoms with Crippen LogP contribution in [0.5, 0.6) is 0 Å². The summed E-state index contributed by atoms with van der Waals surface area (Å²) in [5.74, 6) is -0.124. The van der Waals surface area contributed by atoms with E-state index in [0.29, 0.717) is 5.82 Å². The molecule has 0 unspecified atom stereocenters. The lowest BCUT2D eigenvalue weighted by atomic mass is 9.88. The minimum absolute atomic E-state index is 0.0503. The number of aromatic nitrogens is 2. The molecule has 0 aliphatic rings. The first kappa shape index (κ1) is 12.4. The molecule has 0 saturated heterocycles. The second-order valence-electron chi connectivity index (χ2n) is 4.97. The van der Waals surface area contributed by atoms with Gasteiger partial charge in [0.1, 0.15) is 5.82 Å². The largest absolute Gasteiger partial charge is 0.481 e. The van der Waals surface area contributed by atoms with Gasteiger partial charge < -0.3 is 10.1 Å². The molecule has 1 aromatic carbocycles. The van der Waals surface area contributed by atoms with Gasteiger partial charge in [0.25, 0.3) is 0 Å². The number of carboxylic acids is 1. The molecule has 1 aromatic heterocycles. The third-order valence-corrected chi connectivity index (χ3v) is 2.89. The summed E-state index contributed by atoms with van der Waals surface area (Å²) in [5.41, 5.74) is 1.45. The van der Waals surface area contributed by atoms with E-state index in [2.05, 4.69) is 9.97 Å². The molecule has 0 aliphatic heterocycles. The quantitative estimate of drug-likeness (QED) is 0.869. The Bertz CT molecular complexity index is 544. The Morgan fingerprint density at radius 2 is 2.00 bits per heavy atom. The van der Waals surface area contributed by atoms with Gasteiger partial charge in [0.2, 0.25) is 0 Å². The lowest BCUT2D eigenvalue weighted by Crippen LogP contribution is -2.23. The summed E-state index contributed by atoms with van der Waals surface area (Å²) in [5, 5.41) is 8.89. The van der Waals surface area contributed by atoms with Gasteiger partial charge >= 0.3 is 5.97 Å². The molecule has 1 heterocycles. The fraction of sp³-hybridized carbons (Fsp3) is 0.286. The van der Waals surface area contributed by atoms with E-state index in [9.17, 15) is 4.79 Å². The molecule has 4 heteroatoms. The van der Waals surface area contributed by atoms with E-state index >= 15 is 0 Å². The van der Waals surface area contributed by atoms with Crippen LogP contribution in [0.25, 0.3) is 11.3 Å². The highest BCUT2D eigenvalue weighted by Crippen LogP contribution is 2.26. The molecule has 0 radical (unpaired) electrons. The molecular formula is C14H16N2O2. The SMILES string of the molecule is CC(C)(CC(=O)O)c1ncc(-c2ccccc2)[nH]1. The van der Waals surface area contributed by atoms with E-state index in [0.717, 1.165) is 11.3 Å². The Kier molecular flexibility index (Phi) is 3.19.